The standard InChI is InChI=1S/C22H19BrN2S2/c23-19-4-1-15(2-5-19)7-9-24-13-18-11-16-3-6-20(26)12-21(16)25-22(18)17-8-10-27-14-17/h1-6,8,10-12,14,24,26H,7,9,13H2. The van der Waals surface area contributed by atoms with Crippen LogP contribution in [0.25, 0.3) is 22.2 Å². The minimum atomic E-state index is 0.799. The molecule has 2 aromatic carbocycles. The Balaban J connectivity index is 1.53. The maximum absolute atomic E-state index is 4.94. The van der Waals surface area contributed by atoms with Crippen molar-refractivity contribution in [2.24, 2.45) is 0 Å². The number of rotatable bonds is 6. The molecular weight excluding hydrogens is 436 g/mol. The number of thiophene rings is 1. The van der Waals surface area contributed by atoms with Gasteiger partial charge in [-0.1, -0.05) is 34.1 Å². The molecule has 136 valence electrons. The van der Waals surface area contributed by atoms with Crippen LogP contribution in [0.15, 0.2) is 74.7 Å². The third kappa shape index (κ3) is 4.61. The smallest absolute Gasteiger partial charge is 0.0763 e. The van der Waals surface area contributed by atoms with E-state index in [1.54, 1.807) is 11.3 Å². The summed E-state index contributed by atoms with van der Waals surface area (Å²) in [5, 5.41) is 8.98. The predicted molar refractivity (Wildman–Crippen MR) is 122 cm³/mol. The number of hydrogen-bond donors (Lipinski definition) is 2. The predicted octanol–water partition coefficient (Wildman–Crippen LogP) is 6.35. The molecule has 0 aliphatic rings. The number of benzene rings is 2. The number of pyridine rings is 1. The first kappa shape index (κ1) is 18.7. The van der Waals surface area contributed by atoms with Crippen molar-refractivity contribution in [1.82, 2.24) is 10.3 Å². The molecule has 0 saturated carbocycles. The van der Waals surface area contributed by atoms with Gasteiger partial charge < -0.3 is 5.32 Å². The summed E-state index contributed by atoms with van der Waals surface area (Å²) in [4.78, 5) is 5.87. The minimum Gasteiger partial charge on any atom is -0.312 e. The Labute approximate surface area is 177 Å². The van der Waals surface area contributed by atoms with Gasteiger partial charge in [-0.15, -0.1) is 12.6 Å². The molecule has 0 atom stereocenters. The molecule has 0 saturated heterocycles. The Hall–Kier alpha value is -1.66. The van der Waals surface area contributed by atoms with Gasteiger partial charge in [0.2, 0.25) is 0 Å². The van der Waals surface area contributed by atoms with E-state index in [0.717, 1.165) is 45.5 Å². The van der Waals surface area contributed by atoms with Crippen LogP contribution < -0.4 is 5.32 Å². The van der Waals surface area contributed by atoms with Gasteiger partial charge in [-0.3, -0.25) is 0 Å². The van der Waals surface area contributed by atoms with Gasteiger partial charge in [-0.25, -0.2) is 4.98 Å². The van der Waals surface area contributed by atoms with E-state index in [2.05, 4.69) is 87.1 Å². The molecule has 4 rings (SSSR count). The molecule has 0 fully saturated rings. The Bertz CT molecular complexity index is 1040. The molecule has 4 aromatic rings. The van der Waals surface area contributed by atoms with Gasteiger partial charge in [0.15, 0.2) is 0 Å². The number of nitrogens with zero attached hydrogens (tertiary/aromatic N) is 1. The zero-order valence-corrected chi connectivity index (χ0v) is 17.9. The fourth-order valence-electron chi connectivity index (χ4n) is 3.09. The molecule has 1 N–H and O–H groups in total. The average Bonchev–Trinajstić information content (AvgIpc) is 3.20. The van der Waals surface area contributed by atoms with Crippen molar-refractivity contribution in [3.8, 4) is 11.3 Å². The molecule has 2 heterocycles. The van der Waals surface area contributed by atoms with Crippen LogP contribution in [0.5, 0.6) is 0 Å². The second kappa shape index (κ2) is 8.57. The largest absolute Gasteiger partial charge is 0.312 e. The number of thiol groups is 1. The van der Waals surface area contributed by atoms with E-state index >= 15 is 0 Å². The van der Waals surface area contributed by atoms with E-state index < -0.39 is 0 Å². The summed E-state index contributed by atoms with van der Waals surface area (Å²) in [5.74, 6) is 0. The molecule has 0 bridgehead atoms. The first-order valence-electron chi connectivity index (χ1n) is 8.79. The lowest BCUT2D eigenvalue weighted by Crippen LogP contribution is -2.17. The summed E-state index contributed by atoms with van der Waals surface area (Å²) in [6.45, 7) is 1.73. The number of fused-ring (bicyclic) bond motifs is 1. The van der Waals surface area contributed by atoms with Crippen LogP contribution in [-0.2, 0) is 13.0 Å². The first-order valence-corrected chi connectivity index (χ1v) is 11.0. The average molecular weight is 455 g/mol. The summed E-state index contributed by atoms with van der Waals surface area (Å²) in [5.41, 5.74) is 5.78. The SMILES string of the molecule is Sc1ccc2cc(CNCCc3ccc(Br)cc3)c(-c3ccsc3)nc2c1. The van der Waals surface area contributed by atoms with E-state index in [1.807, 2.05) is 12.1 Å². The third-order valence-electron chi connectivity index (χ3n) is 4.49. The fraction of sp³-hybridized carbons (Fsp3) is 0.136. The highest BCUT2D eigenvalue weighted by Crippen LogP contribution is 2.28. The molecule has 2 nitrogen and oxygen atoms in total. The lowest BCUT2D eigenvalue weighted by atomic mass is 10.0. The van der Waals surface area contributed by atoms with Crippen molar-refractivity contribution in [3.63, 3.8) is 0 Å². The zero-order chi connectivity index (χ0) is 18.6. The molecule has 0 aliphatic carbocycles. The van der Waals surface area contributed by atoms with Crippen molar-refractivity contribution in [2.75, 3.05) is 6.54 Å². The van der Waals surface area contributed by atoms with Gasteiger partial charge in [0, 0.05) is 32.2 Å². The molecule has 0 radical (unpaired) electrons. The summed E-state index contributed by atoms with van der Waals surface area (Å²) < 4.78 is 1.12. The second-order valence-electron chi connectivity index (χ2n) is 6.44. The van der Waals surface area contributed by atoms with Gasteiger partial charge >= 0.3 is 0 Å². The lowest BCUT2D eigenvalue weighted by molar-refractivity contribution is 0.687. The van der Waals surface area contributed by atoms with Gasteiger partial charge in [-0.2, -0.15) is 11.3 Å². The van der Waals surface area contributed by atoms with Gasteiger partial charge in [0.25, 0.3) is 0 Å². The Kier molecular flexibility index (Phi) is 5.93. The lowest BCUT2D eigenvalue weighted by Gasteiger charge is -2.12. The molecule has 0 spiro atoms. The van der Waals surface area contributed by atoms with Crippen LogP contribution in [0.3, 0.4) is 0 Å². The first-order chi connectivity index (χ1) is 13.2. The summed E-state index contributed by atoms with van der Waals surface area (Å²) >= 11 is 9.63. The Morgan fingerprint density at radius 3 is 2.67 bits per heavy atom. The van der Waals surface area contributed by atoms with Crippen molar-refractivity contribution in [1.29, 1.82) is 0 Å². The summed E-state index contributed by atoms with van der Waals surface area (Å²) in [6.07, 6.45) is 1.01. The fourth-order valence-corrected chi connectivity index (χ4v) is 4.19. The number of aromatic nitrogens is 1. The highest BCUT2D eigenvalue weighted by Gasteiger charge is 2.10. The summed E-state index contributed by atoms with van der Waals surface area (Å²) in [7, 11) is 0. The quantitative estimate of drug-likeness (QED) is 0.262. The van der Waals surface area contributed by atoms with Crippen LogP contribution in [0.2, 0.25) is 0 Å². The van der Waals surface area contributed by atoms with Crippen LogP contribution in [0.1, 0.15) is 11.1 Å². The van der Waals surface area contributed by atoms with E-state index in [1.165, 1.54) is 16.7 Å². The topological polar surface area (TPSA) is 24.9 Å². The second-order valence-corrected chi connectivity index (χ2v) is 8.65. The van der Waals surface area contributed by atoms with E-state index in [9.17, 15) is 0 Å². The highest BCUT2D eigenvalue weighted by molar-refractivity contribution is 9.10. The Morgan fingerprint density at radius 2 is 1.89 bits per heavy atom. The van der Waals surface area contributed by atoms with Gasteiger partial charge in [0.1, 0.15) is 0 Å². The van der Waals surface area contributed by atoms with Gasteiger partial charge in [-0.05, 0) is 65.9 Å². The highest BCUT2D eigenvalue weighted by atomic mass is 79.9. The number of nitrogens with one attached hydrogen (secondary N) is 1. The molecule has 0 amide bonds. The van der Waals surface area contributed by atoms with E-state index in [4.69, 9.17) is 4.98 Å². The maximum atomic E-state index is 4.94. The monoisotopic (exact) mass is 454 g/mol. The van der Waals surface area contributed by atoms with E-state index in [0.29, 0.717) is 0 Å². The van der Waals surface area contributed by atoms with Crippen molar-refractivity contribution in [3.05, 3.63) is 81.0 Å². The third-order valence-corrected chi connectivity index (χ3v) is 5.98. The molecule has 0 aliphatic heterocycles. The number of halogens is 1. The van der Waals surface area contributed by atoms with Crippen molar-refractivity contribution in [2.45, 2.75) is 17.9 Å². The van der Waals surface area contributed by atoms with Crippen LogP contribution in [-0.4, -0.2) is 11.5 Å². The normalized spacial score (nSPS) is 11.2. The molecule has 27 heavy (non-hydrogen) atoms. The number of hydrogen-bond acceptors (Lipinski definition) is 4. The molecule has 5 heteroatoms. The molecule has 2 aromatic heterocycles. The Morgan fingerprint density at radius 1 is 1.04 bits per heavy atom. The maximum Gasteiger partial charge on any atom is 0.0763 e. The van der Waals surface area contributed by atoms with Crippen molar-refractivity contribution < 1.29 is 0 Å². The van der Waals surface area contributed by atoms with Crippen LogP contribution in [0.4, 0.5) is 0 Å². The van der Waals surface area contributed by atoms with Crippen LogP contribution in [0, 0.1) is 0 Å². The van der Waals surface area contributed by atoms with Crippen molar-refractivity contribution >= 4 is 50.8 Å². The van der Waals surface area contributed by atoms with Gasteiger partial charge in [0.05, 0.1) is 11.2 Å². The van der Waals surface area contributed by atoms with E-state index in [-0.39, 0.29) is 0 Å². The molecule has 0 unspecified atom stereocenters. The zero-order valence-electron chi connectivity index (χ0n) is 14.7. The summed E-state index contributed by atoms with van der Waals surface area (Å²) in [6, 6.07) is 19.0. The van der Waals surface area contributed by atoms with Crippen LogP contribution >= 0.6 is 39.9 Å². The minimum absolute atomic E-state index is 0.799. The molecular formula is C22H19BrN2S2.